The molecule has 1 aliphatic rings. The van der Waals surface area contributed by atoms with E-state index in [-0.39, 0.29) is 17.2 Å². The van der Waals surface area contributed by atoms with Crippen molar-refractivity contribution in [3.05, 3.63) is 36.0 Å². The van der Waals surface area contributed by atoms with Crippen LogP contribution < -0.4 is 4.90 Å². The molecule has 1 aliphatic heterocycles. The van der Waals surface area contributed by atoms with E-state index in [9.17, 15) is 9.18 Å². The number of anilines is 1. The van der Waals surface area contributed by atoms with Gasteiger partial charge in [-0.25, -0.2) is 9.37 Å². The minimum absolute atomic E-state index is 0.139. The number of amides is 1. The van der Waals surface area contributed by atoms with Crippen LogP contribution in [0.25, 0.3) is 10.2 Å². The zero-order valence-electron chi connectivity index (χ0n) is 13.5. The van der Waals surface area contributed by atoms with Gasteiger partial charge in [0.2, 0.25) is 5.76 Å². The number of rotatable bonds is 5. The lowest BCUT2D eigenvalue weighted by Crippen LogP contribution is -2.38. The van der Waals surface area contributed by atoms with Crippen molar-refractivity contribution in [2.75, 3.05) is 45.3 Å². The van der Waals surface area contributed by atoms with Crippen molar-refractivity contribution in [2.24, 2.45) is 0 Å². The van der Waals surface area contributed by atoms with Gasteiger partial charge in [0.05, 0.1) is 4.70 Å². The standard InChI is InChI=1S/C16H18FN3O3S/c1-19(2)6-7-20(15(21)12-10-22-8-9-23-12)16-18-14-11(17)4-3-5-13(14)24-16/h3-5,10H,6-9H2,1-2H3. The van der Waals surface area contributed by atoms with E-state index in [1.165, 1.54) is 28.6 Å². The first-order chi connectivity index (χ1) is 11.6. The average molecular weight is 351 g/mol. The van der Waals surface area contributed by atoms with Crippen molar-refractivity contribution in [1.29, 1.82) is 0 Å². The minimum Gasteiger partial charge on any atom is -0.494 e. The maximum Gasteiger partial charge on any atom is 0.298 e. The Labute approximate surface area is 143 Å². The van der Waals surface area contributed by atoms with Crippen LogP contribution in [0.2, 0.25) is 0 Å². The summed E-state index contributed by atoms with van der Waals surface area (Å²) >= 11 is 1.28. The van der Waals surface area contributed by atoms with Crippen LogP contribution in [0.15, 0.2) is 30.2 Å². The number of hydrogen-bond acceptors (Lipinski definition) is 6. The summed E-state index contributed by atoms with van der Waals surface area (Å²) in [4.78, 5) is 20.6. The fourth-order valence-electron chi connectivity index (χ4n) is 2.22. The molecule has 0 spiro atoms. The van der Waals surface area contributed by atoms with Crippen LogP contribution in [0.3, 0.4) is 0 Å². The summed E-state index contributed by atoms with van der Waals surface area (Å²) in [6.07, 6.45) is 1.32. The third-order valence-electron chi connectivity index (χ3n) is 3.47. The van der Waals surface area contributed by atoms with Gasteiger partial charge < -0.3 is 14.4 Å². The molecular weight excluding hydrogens is 333 g/mol. The summed E-state index contributed by atoms with van der Waals surface area (Å²) in [5.74, 6) is -0.595. The summed E-state index contributed by atoms with van der Waals surface area (Å²) in [5, 5.41) is 0.442. The number of para-hydroxylation sites is 1. The summed E-state index contributed by atoms with van der Waals surface area (Å²) in [6.45, 7) is 1.79. The monoisotopic (exact) mass is 351 g/mol. The Balaban J connectivity index is 1.94. The number of aromatic nitrogens is 1. The van der Waals surface area contributed by atoms with Crippen LogP contribution in [-0.2, 0) is 14.3 Å². The number of benzene rings is 1. The van der Waals surface area contributed by atoms with Gasteiger partial charge in [0.15, 0.2) is 5.13 Å². The molecule has 0 N–H and O–H groups in total. The van der Waals surface area contributed by atoms with Crippen LogP contribution in [0.5, 0.6) is 0 Å². The van der Waals surface area contributed by atoms with Crippen molar-refractivity contribution in [3.8, 4) is 0 Å². The van der Waals surface area contributed by atoms with E-state index in [0.29, 0.717) is 36.1 Å². The van der Waals surface area contributed by atoms with Crippen molar-refractivity contribution in [3.63, 3.8) is 0 Å². The van der Waals surface area contributed by atoms with Gasteiger partial charge in [-0.05, 0) is 26.2 Å². The lowest BCUT2D eigenvalue weighted by molar-refractivity contribution is -0.119. The maximum atomic E-state index is 13.9. The quantitative estimate of drug-likeness (QED) is 0.827. The fourth-order valence-corrected chi connectivity index (χ4v) is 3.22. The van der Waals surface area contributed by atoms with E-state index in [1.54, 1.807) is 12.1 Å². The van der Waals surface area contributed by atoms with Gasteiger partial charge in [0.1, 0.15) is 30.8 Å². The van der Waals surface area contributed by atoms with Gasteiger partial charge in [-0.3, -0.25) is 9.69 Å². The topological polar surface area (TPSA) is 54.9 Å². The Morgan fingerprint density at radius 1 is 1.33 bits per heavy atom. The SMILES string of the molecule is CN(C)CCN(C(=O)C1=COCCO1)c1nc2c(F)cccc2s1. The number of halogens is 1. The lowest BCUT2D eigenvalue weighted by atomic mass is 10.3. The molecular formula is C16H18FN3O3S. The van der Waals surface area contributed by atoms with Crippen LogP contribution >= 0.6 is 11.3 Å². The molecule has 0 atom stereocenters. The summed E-state index contributed by atoms with van der Waals surface area (Å²) in [6, 6.07) is 4.78. The largest absolute Gasteiger partial charge is 0.494 e. The van der Waals surface area contributed by atoms with Crippen molar-refractivity contribution >= 4 is 32.6 Å². The second-order valence-electron chi connectivity index (χ2n) is 5.54. The molecule has 6 nitrogen and oxygen atoms in total. The second kappa shape index (κ2) is 7.14. The van der Waals surface area contributed by atoms with Crippen LogP contribution in [0.4, 0.5) is 9.52 Å². The molecule has 1 amide bonds. The molecule has 2 aromatic rings. The number of carbonyl (C=O) groups is 1. The third kappa shape index (κ3) is 3.49. The Morgan fingerprint density at radius 2 is 2.17 bits per heavy atom. The highest BCUT2D eigenvalue weighted by atomic mass is 32.1. The van der Waals surface area contributed by atoms with Gasteiger partial charge in [0.25, 0.3) is 5.91 Å². The maximum absolute atomic E-state index is 13.9. The molecule has 3 rings (SSSR count). The summed E-state index contributed by atoms with van der Waals surface area (Å²) in [7, 11) is 3.83. The first-order valence-electron chi connectivity index (χ1n) is 7.52. The zero-order chi connectivity index (χ0) is 17.1. The number of fused-ring (bicyclic) bond motifs is 1. The third-order valence-corrected chi connectivity index (χ3v) is 4.51. The predicted octanol–water partition coefficient (Wildman–Crippen LogP) is 2.22. The normalized spacial score (nSPS) is 14.2. The highest BCUT2D eigenvalue weighted by Crippen LogP contribution is 2.31. The van der Waals surface area contributed by atoms with Crippen LogP contribution in [-0.4, -0.2) is 56.2 Å². The number of ether oxygens (including phenoxy) is 2. The van der Waals surface area contributed by atoms with Crippen molar-refractivity contribution in [2.45, 2.75) is 0 Å². The molecule has 0 unspecified atom stereocenters. The minimum atomic E-state index is -0.397. The lowest BCUT2D eigenvalue weighted by Gasteiger charge is -2.24. The zero-order valence-corrected chi connectivity index (χ0v) is 14.3. The second-order valence-corrected chi connectivity index (χ2v) is 6.55. The fraction of sp³-hybridized carbons (Fsp3) is 0.375. The van der Waals surface area contributed by atoms with E-state index in [2.05, 4.69) is 4.98 Å². The number of thiazole rings is 1. The molecule has 128 valence electrons. The van der Waals surface area contributed by atoms with E-state index >= 15 is 0 Å². The molecule has 1 aromatic carbocycles. The molecule has 0 radical (unpaired) electrons. The highest BCUT2D eigenvalue weighted by molar-refractivity contribution is 7.22. The Hall–Kier alpha value is -2.19. The number of hydrogen-bond donors (Lipinski definition) is 0. The summed E-state index contributed by atoms with van der Waals surface area (Å²) in [5.41, 5.74) is 0.273. The Kier molecular flexibility index (Phi) is 4.96. The van der Waals surface area contributed by atoms with E-state index in [0.717, 1.165) is 0 Å². The number of likely N-dealkylation sites (N-methyl/N-ethyl adjacent to an activating group) is 1. The van der Waals surface area contributed by atoms with Crippen molar-refractivity contribution in [1.82, 2.24) is 9.88 Å². The summed E-state index contributed by atoms with van der Waals surface area (Å²) < 4.78 is 25.2. The number of carbonyl (C=O) groups excluding carboxylic acids is 1. The highest BCUT2D eigenvalue weighted by Gasteiger charge is 2.26. The molecule has 0 bridgehead atoms. The first kappa shape index (κ1) is 16.7. The van der Waals surface area contributed by atoms with E-state index in [1.807, 2.05) is 19.0 Å². The van der Waals surface area contributed by atoms with Gasteiger partial charge >= 0.3 is 0 Å². The van der Waals surface area contributed by atoms with Gasteiger partial charge in [0, 0.05) is 13.1 Å². The molecule has 0 aliphatic carbocycles. The number of nitrogens with zero attached hydrogens (tertiary/aromatic N) is 3. The van der Waals surface area contributed by atoms with E-state index < -0.39 is 5.82 Å². The molecule has 8 heteroatoms. The molecule has 0 fully saturated rings. The van der Waals surface area contributed by atoms with Gasteiger partial charge in [-0.1, -0.05) is 17.4 Å². The molecule has 0 saturated carbocycles. The molecule has 2 heterocycles. The Morgan fingerprint density at radius 3 is 2.83 bits per heavy atom. The first-order valence-corrected chi connectivity index (χ1v) is 8.34. The van der Waals surface area contributed by atoms with Crippen LogP contribution in [0, 0.1) is 5.82 Å². The van der Waals surface area contributed by atoms with Gasteiger partial charge in [-0.2, -0.15) is 0 Å². The average Bonchev–Trinajstić information content (AvgIpc) is 3.01. The van der Waals surface area contributed by atoms with Crippen LogP contribution in [0.1, 0.15) is 0 Å². The smallest absolute Gasteiger partial charge is 0.298 e. The van der Waals surface area contributed by atoms with Crippen molar-refractivity contribution < 1.29 is 18.7 Å². The molecule has 1 aromatic heterocycles. The Bertz CT molecular complexity index is 775. The predicted molar refractivity (Wildman–Crippen MR) is 90.5 cm³/mol. The molecule has 24 heavy (non-hydrogen) atoms. The molecule has 0 saturated heterocycles. The van der Waals surface area contributed by atoms with E-state index in [4.69, 9.17) is 9.47 Å². The van der Waals surface area contributed by atoms with Gasteiger partial charge in [-0.15, -0.1) is 0 Å².